The van der Waals surface area contributed by atoms with Gasteiger partial charge in [-0.3, -0.25) is 4.79 Å². The Morgan fingerprint density at radius 3 is 2.68 bits per heavy atom. The van der Waals surface area contributed by atoms with Crippen molar-refractivity contribution in [2.75, 3.05) is 0 Å². The van der Waals surface area contributed by atoms with Crippen LogP contribution in [0.25, 0.3) is 0 Å². The number of carbonyl (C=O) groups excluding carboxylic acids is 1. The molecule has 1 amide bonds. The first kappa shape index (κ1) is 16.0. The Labute approximate surface area is 146 Å². The van der Waals surface area contributed by atoms with Gasteiger partial charge in [-0.1, -0.05) is 19.8 Å². The predicted molar refractivity (Wildman–Crippen MR) is 92.8 cm³/mol. The van der Waals surface area contributed by atoms with Gasteiger partial charge in [0.15, 0.2) is 0 Å². The summed E-state index contributed by atoms with van der Waals surface area (Å²) in [5, 5.41) is 13.7. The van der Waals surface area contributed by atoms with Crippen LogP contribution in [0.15, 0.2) is 26.2 Å². The number of rotatable bonds is 3. The number of hydrazone groups is 1. The molecule has 0 unspecified atom stereocenters. The fraction of sp³-hybridized carbons (Fsp3) is 0.500. The monoisotopic (exact) mass is 428 g/mol. The predicted octanol–water partition coefficient (Wildman–Crippen LogP) is 4.19. The summed E-state index contributed by atoms with van der Waals surface area (Å²) in [6.45, 7) is 2.22. The average molecular weight is 430 g/mol. The number of nitrogens with one attached hydrogen (secondary N) is 1. The van der Waals surface area contributed by atoms with Gasteiger partial charge < -0.3 is 5.11 Å². The molecule has 3 rings (SSSR count). The van der Waals surface area contributed by atoms with Crippen molar-refractivity contribution in [1.82, 2.24) is 5.43 Å². The Morgan fingerprint density at radius 2 is 2.09 bits per heavy atom. The molecule has 1 aromatic carbocycles. The Kier molecular flexibility index (Phi) is 4.34. The molecule has 0 heterocycles. The molecule has 0 bridgehead atoms. The number of hydrogen-bond donors (Lipinski definition) is 2. The Bertz CT molecular complexity index is 624. The van der Waals surface area contributed by atoms with Gasteiger partial charge in [-0.05, 0) is 73.7 Å². The molecule has 0 aliphatic heterocycles. The number of halogens is 2. The molecule has 22 heavy (non-hydrogen) atoms. The second-order valence-corrected chi connectivity index (χ2v) is 8.11. The van der Waals surface area contributed by atoms with E-state index >= 15 is 0 Å². The van der Waals surface area contributed by atoms with Gasteiger partial charge in [-0.25, -0.2) is 5.43 Å². The van der Waals surface area contributed by atoms with Crippen molar-refractivity contribution in [3.63, 3.8) is 0 Å². The number of carbonyl (C=O) groups is 1. The number of benzene rings is 1. The van der Waals surface area contributed by atoms with Crippen molar-refractivity contribution >= 4 is 44.0 Å². The normalized spacial score (nSPS) is 30.1. The van der Waals surface area contributed by atoms with E-state index in [-0.39, 0.29) is 23.0 Å². The minimum absolute atomic E-state index is 0.0301. The van der Waals surface area contributed by atoms with Gasteiger partial charge in [-0.2, -0.15) is 5.10 Å². The minimum Gasteiger partial charge on any atom is -0.506 e. The molecule has 4 nitrogen and oxygen atoms in total. The lowest BCUT2D eigenvalue weighted by Gasteiger charge is -2.15. The second-order valence-electron chi connectivity index (χ2n) is 6.40. The van der Waals surface area contributed by atoms with E-state index in [2.05, 4.69) is 49.3 Å². The van der Waals surface area contributed by atoms with Crippen LogP contribution in [0.5, 0.6) is 5.75 Å². The summed E-state index contributed by atoms with van der Waals surface area (Å²) < 4.78 is 1.16. The molecule has 1 aromatic rings. The van der Waals surface area contributed by atoms with E-state index in [1.165, 1.54) is 12.8 Å². The lowest BCUT2D eigenvalue weighted by atomic mass is 9.90. The molecule has 2 N–H and O–H groups in total. The number of aromatic hydroxyl groups is 1. The Hall–Kier alpha value is -0.880. The third kappa shape index (κ3) is 2.83. The summed E-state index contributed by atoms with van der Waals surface area (Å²) in [6.07, 6.45) is 6.37. The first-order valence-corrected chi connectivity index (χ1v) is 9.03. The van der Waals surface area contributed by atoms with E-state index < -0.39 is 0 Å². The summed E-state index contributed by atoms with van der Waals surface area (Å²) in [6, 6.07) is 3.49. The Morgan fingerprint density at radius 1 is 1.41 bits per heavy atom. The van der Waals surface area contributed by atoms with Gasteiger partial charge in [0, 0.05) is 5.92 Å². The topological polar surface area (TPSA) is 61.7 Å². The summed E-state index contributed by atoms with van der Waals surface area (Å²) >= 11 is 6.54. The molecule has 2 aliphatic carbocycles. The molecular formula is C16H18Br2N2O2. The van der Waals surface area contributed by atoms with E-state index in [0.717, 1.165) is 18.4 Å². The van der Waals surface area contributed by atoms with Crippen molar-refractivity contribution < 1.29 is 9.90 Å². The van der Waals surface area contributed by atoms with E-state index in [9.17, 15) is 9.90 Å². The third-order valence-electron chi connectivity index (χ3n) is 5.04. The Balaban J connectivity index is 1.62. The molecule has 0 saturated heterocycles. The number of phenols is 1. The molecule has 0 aromatic heterocycles. The molecular weight excluding hydrogens is 412 g/mol. The van der Waals surface area contributed by atoms with Crippen molar-refractivity contribution in [1.29, 1.82) is 0 Å². The summed E-state index contributed by atoms with van der Waals surface area (Å²) in [5.41, 5.74) is 3.65. The van der Waals surface area contributed by atoms with Gasteiger partial charge >= 0.3 is 0 Å². The van der Waals surface area contributed by atoms with Gasteiger partial charge in [0.2, 0.25) is 5.91 Å². The van der Waals surface area contributed by atoms with Crippen molar-refractivity contribution in [3.8, 4) is 5.75 Å². The molecule has 2 fully saturated rings. The van der Waals surface area contributed by atoms with Crippen molar-refractivity contribution in [3.05, 3.63) is 26.6 Å². The largest absolute Gasteiger partial charge is 0.506 e. The highest BCUT2D eigenvalue weighted by molar-refractivity contribution is 9.11. The quantitative estimate of drug-likeness (QED) is 0.558. The van der Waals surface area contributed by atoms with Crippen LogP contribution in [0.4, 0.5) is 0 Å². The van der Waals surface area contributed by atoms with Crippen molar-refractivity contribution in [2.45, 2.75) is 32.6 Å². The van der Waals surface area contributed by atoms with E-state index in [1.54, 1.807) is 18.3 Å². The highest BCUT2D eigenvalue weighted by atomic mass is 79.9. The van der Waals surface area contributed by atoms with E-state index in [1.807, 2.05) is 0 Å². The van der Waals surface area contributed by atoms with Crippen molar-refractivity contribution in [2.24, 2.45) is 22.4 Å². The van der Waals surface area contributed by atoms with E-state index in [4.69, 9.17) is 0 Å². The number of nitrogens with zero attached hydrogens (tertiary/aromatic N) is 1. The maximum Gasteiger partial charge on any atom is 0.244 e. The number of phenolic OH excluding ortho intramolecular Hbond substituents is 1. The van der Waals surface area contributed by atoms with Crippen LogP contribution >= 0.6 is 31.9 Å². The molecule has 2 aliphatic rings. The zero-order chi connectivity index (χ0) is 15.9. The van der Waals surface area contributed by atoms with Gasteiger partial charge in [0.25, 0.3) is 0 Å². The second kappa shape index (κ2) is 5.96. The van der Waals surface area contributed by atoms with Gasteiger partial charge in [0.05, 0.1) is 15.2 Å². The smallest absolute Gasteiger partial charge is 0.244 e. The maximum atomic E-state index is 12.3. The third-order valence-corrected chi connectivity index (χ3v) is 6.25. The summed E-state index contributed by atoms with van der Waals surface area (Å²) in [7, 11) is 0. The SMILES string of the molecule is C[C@]12CCCC[C@H]1[C@H]2C(=O)N/N=C\c1cc(Br)c(O)c(Br)c1. The molecule has 0 spiro atoms. The lowest BCUT2D eigenvalue weighted by Crippen LogP contribution is -2.22. The van der Waals surface area contributed by atoms with Crippen LogP contribution in [0.1, 0.15) is 38.2 Å². The minimum atomic E-state index is 0.0301. The first-order valence-electron chi connectivity index (χ1n) is 7.44. The fourth-order valence-corrected chi connectivity index (χ4v) is 4.97. The zero-order valence-electron chi connectivity index (χ0n) is 12.3. The average Bonchev–Trinajstić information content (AvgIpc) is 3.10. The van der Waals surface area contributed by atoms with Crippen LogP contribution in [0.2, 0.25) is 0 Å². The van der Waals surface area contributed by atoms with Gasteiger partial charge in [0.1, 0.15) is 5.75 Å². The number of hydrogen-bond acceptors (Lipinski definition) is 3. The van der Waals surface area contributed by atoms with Crippen LogP contribution in [-0.4, -0.2) is 17.2 Å². The van der Waals surface area contributed by atoms with Crippen LogP contribution in [-0.2, 0) is 4.79 Å². The molecule has 6 heteroatoms. The number of fused-ring (bicyclic) bond motifs is 1. The summed E-state index contributed by atoms with van der Waals surface area (Å²) in [5.74, 6) is 0.831. The summed E-state index contributed by atoms with van der Waals surface area (Å²) in [4.78, 5) is 12.3. The maximum absolute atomic E-state index is 12.3. The molecule has 0 radical (unpaired) electrons. The van der Waals surface area contributed by atoms with E-state index in [0.29, 0.717) is 14.9 Å². The van der Waals surface area contributed by atoms with Crippen LogP contribution < -0.4 is 5.43 Å². The van der Waals surface area contributed by atoms with Crippen LogP contribution in [0.3, 0.4) is 0 Å². The number of amides is 1. The fourth-order valence-electron chi connectivity index (χ4n) is 3.75. The first-order chi connectivity index (χ1) is 10.4. The molecule has 2 saturated carbocycles. The molecule has 118 valence electrons. The highest BCUT2D eigenvalue weighted by Gasteiger charge is 2.64. The zero-order valence-corrected chi connectivity index (χ0v) is 15.4. The highest BCUT2D eigenvalue weighted by Crippen LogP contribution is 2.66. The lowest BCUT2D eigenvalue weighted by molar-refractivity contribution is -0.123. The van der Waals surface area contributed by atoms with Crippen LogP contribution in [0, 0.1) is 17.3 Å². The molecule has 3 atom stereocenters. The standard InChI is InChI=1S/C16H18Br2N2O2/c1-16-5-3-2-4-10(16)13(16)15(22)20-19-8-9-6-11(17)14(21)12(18)7-9/h6-8,10,13,21H,2-5H2,1H3,(H,20,22)/b19-8-/t10-,13-,16-/m0/s1. The van der Waals surface area contributed by atoms with Gasteiger partial charge in [-0.15, -0.1) is 0 Å².